The average molecular weight is 394 g/mol. The van der Waals surface area contributed by atoms with E-state index in [1.54, 1.807) is 6.33 Å². The maximum absolute atomic E-state index is 4.29. The van der Waals surface area contributed by atoms with Crippen LogP contribution in [0.25, 0.3) is 33.4 Å². The fraction of sp³-hybridized carbons (Fsp3) is 0.0345. The van der Waals surface area contributed by atoms with Crippen LogP contribution < -0.4 is 0 Å². The van der Waals surface area contributed by atoms with Crippen LogP contribution in [0, 0.1) is 0 Å². The molecule has 0 aliphatic heterocycles. The molecule has 0 saturated carbocycles. The van der Waals surface area contributed by atoms with Crippen LogP contribution in [0.3, 0.4) is 0 Å². The van der Waals surface area contributed by atoms with Crippen LogP contribution in [0.1, 0.15) is 22.3 Å². The molecule has 0 amide bonds. The lowest BCUT2D eigenvalue weighted by molar-refractivity contribution is 0.794. The second kappa shape index (κ2) is 5.99. The first kappa shape index (κ1) is 16.7. The van der Waals surface area contributed by atoms with Gasteiger partial charge in [-0.2, -0.15) is 0 Å². The van der Waals surface area contributed by atoms with Gasteiger partial charge in [0, 0.05) is 18.0 Å². The van der Waals surface area contributed by atoms with E-state index in [1.165, 1.54) is 50.1 Å². The first-order chi connectivity index (χ1) is 15.4. The van der Waals surface area contributed by atoms with Gasteiger partial charge in [-0.15, -0.1) is 0 Å². The Morgan fingerprint density at radius 1 is 0.452 bits per heavy atom. The van der Waals surface area contributed by atoms with Crippen LogP contribution in [0.5, 0.6) is 0 Å². The highest BCUT2D eigenvalue weighted by Gasteiger charge is 2.51. The van der Waals surface area contributed by atoms with Gasteiger partial charge in [0.25, 0.3) is 0 Å². The highest BCUT2D eigenvalue weighted by atomic mass is 14.8. The Labute approximate surface area is 180 Å². The molecule has 2 aliphatic rings. The molecule has 2 aliphatic carbocycles. The largest absolute Gasteiger partial charge is 0.244 e. The molecule has 1 aromatic heterocycles. The lowest BCUT2D eigenvalue weighted by Crippen LogP contribution is -2.25. The Morgan fingerprint density at radius 2 is 0.935 bits per heavy atom. The maximum atomic E-state index is 4.29. The van der Waals surface area contributed by atoms with Crippen LogP contribution in [-0.2, 0) is 5.41 Å². The van der Waals surface area contributed by atoms with Crippen molar-refractivity contribution >= 4 is 0 Å². The van der Waals surface area contributed by atoms with Crippen LogP contribution in [0.4, 0.5) is 0 Å². The zero-order valence-corrected chi connectivity index (χ0v) is 16.8. The maximum Gasteiger partial charge on any atom is 0.115 e. The van der Waals surface area contributed by atoms with Crippen molar-refractivity contribution in [2.24, 2.45) is 0 Å². The highest BCUT2D eigenvalue weighted by molar-refractivity contribution is 5.99. The van der Waals surface area contributed by atoms with Crippen molar-refractivity contribution in [3.05, 3.63) is 132 Å². The van der Waals surface area contributed by atoms with E-state index in [1.807, 2.05) is 12.4 Å². The van der Waals surface area contributed by atoms with E-state index in [-0.39, 0.29) is 5.41 Å². The van der Waals surface area contributed by atoms with Gasteiger partial charge in [0.15, 0.2) is 0 Å². The first-order valence-corrected chi connectivity index (χ1v) is 10.6. The quantitative estimate of drug-likeness (QED) is 0.318. The van der Waals surface area contributed by atoms with Gasteiger partial charge in [-0.25, -0.2) is 9.97 Å². The van der Waals surface area contributed by atoms with Crippen LogP contribution in [0.2, 0.25) is 0 Å². The molecule has 0 N–H and O–H groups in total. The number of aromatic nitrogens is 2. The Bertz CT molecular complexity index is 1440. The highest BCUT2D eigenvalue weighted by Crippen LogP contribution is 2.63. The summed E-state index contributed by atoms with van der Waals surface area (Å²) in [6.07, 6.45) is 5.41. The third-order valence-electron chi connectivity index (χ3n) is 6.89. The smallest absolute Gasteiger partial charge is 0.115 e. The fourth-order valence-electron chi connectivity index (χ4n) is 5.82. The minimum Gasteiger partial charge on any atom is -0.244 e. The zero-order valence-electron chi connectivity index (χ0n) is 16.8. The van der Waals surface area contributed by atoms with Crippen molar-refractivity contribution in [1.29, 1.82) is 0 Å². The van der Waals surface area contributed by atoms with E-state index in [4.69, 9.17) is 0 Å². The molecule has 2 heteroatoms. The van der Waals surface area contributed by atoms with Gasteiger partial charge in [-0.3, -0.25) is 0 Å². The van der Waals surface area contributed by atoms with Gasteiger partial charge in [0.1, 0.15) is 6.33 Å². The summed E-state index contributed by atoms with van der Waals surface area (Å²) in [4.78, 5) is 8.58. The summed E-state index contributed by atoms with van der Waals surface area (Å²) in [7, 11) is 0. The fourth-order valence-corrected chi connectivity index (χ4v) is 5.82. The Balaban J connectivity index is 1.69. The van der Waals surface area contributed by atoms with Crippen LogP contribution >= 0.6 is 0 Å². The monoisotopic (exact) mass is 394 g/mol. The zero-order chi connectivity index (χ0) is 20.4. The number of fused-ring (bicyclic) bond motifs is 10. The molecule has 1 heterocycles. The minimum atomic E-state index is -0.301. The molecule has 4 aromatic carbocycles. The van der Waals surface area contributed by atoms with E-state index in [0.29, 0.717) is 0 Å². The summed E-state index contributed by atoms with van der Waals surface area (Å²) >= 11 is 0. The molecule has 7 rings (SSSR count). The van der Waals surface area contributed by atoms with Crippen LogP contribution in [0.15, 0.2) is 110 Å². The number of nitrogens with zero attached hydrogens (tertiary/aromatic N) is 2. The Hall–Kier alpha value is -4.04. The van der Waals surface area contributed by atoms with Crippen molar-refractivity contribution in [2.75, 3.05) is 0 Å². The number of hydrogen-bond acceptors (Lipinski definition) is 2. The van der Waals surface area contributed by atoms with Gasteiger partial charge < -0.3 is 0 Å². The summed E-state index contributed by atoms with van der Waals surface area (Å²) < 4.78 is 0. The van der Waals surface area contributed by atoms with Crippen molar-refractivity contribution in [2.45, 2.75) is 5.41 Å². The van der Waals surface area contributed by atoms with Crippen molar-refractivity contribution in [1.82, 2.24) is 9.97 Å². The van der Waals surface area contributed by atoms with E-state index in [9.17, 15) is 0 Å². The summed E-state index contributed by atoms with van der Waals surface area (Å²) in [5, 5.41) is 0. The standard InChI is InChI=1S/C29H18N2/c1-4-12-24-21(8-1)22-9-2-5-13-25(22)29(24)26-14-6-3-10-23(26)28-20(11-7-15-27(28)29)19-16-30-18-31-17-19/h1-18H. The van der Waals surface area contributed by atoms with Crippen molar-refractivity contribution in [3.8, 4) is 33.4 Å². The van der Waals surface area contributed by atoms with E-state index >= 15 is 0 Å². The topological polar surface area (TPSA) is 25.8 Å². The predicted molar refractivity (Wildman–Crippen MR) is 124 cm³/mol. The third-order valence-corrected chi connectivity index (χ3v) is 6.89. The minimum absolute atomic E-state index is 0.301. The predicted octanol–water partition coefficient (Wildman–Crippen LogP) is 6.49. The molecule has 31 heavy (non-hydrogen) atoms. The molecule has 0 bridgehead atoms. The molecule has 0 fully saturated rings. The number of rotatable bonds is 1. The van der Waals surface area contributed by atoms with Gasteiger partial charge in [0.05, 0.1) is 5.41 Å². The molecule has 0 unspecified atom stereocenters. The van der Waals surface area contributed by atoms with Crippen molar-refractivity contribution < 1.29 is 0 Å². The van der Waals surface area contributed by atoms with Gasteiger partial charge >= 0.3 is 0 Å². The summed E-state index contributed by atoms with van der Waals surface area (Å²) in [5.74, 6) is 0. The van der Waals surface area contributed by atoms with Gasteiger partial charge in [-0.05, 0) is 50.1 Å². The average Bonchev–Trinajstić information content (AvgIpc) is 3.32. The Kier molecular flexibility index (Phi) is 3.23. The lowest BCUT2D eigenvalue weighted by atomic mass is 9.70. The van der Waals surface area contributed by atoms with Gasteiger partial charge in [-0.1, -0.05) is 91.0 Å². The summed E-state index contributed by atoms with van der Waals surface area (Å²) in [5.41, 5.74) is 12.6. The molecule has 0 radical (unpaired) electrons. The van der Waals surface area contributed by atoms with Crippen molar-refractivity contribution in [3.63, 3.8) is 0 Å². The third kappa shape index (κ3) is 1.97. The molecule has 0 atom stereocenters. The Morgan fingerprint density at radius 3 is 1.58 bits per heavy atom. The molecule has 2 nitrogen and oxygen atoms in total. The second-order valence-corrected chi connectivity index (χ2v) is 8.24. The SMILES string of the molecule is c1ccc2c(c1)-c1ccccc1C21c2ccccc2-c2c(-c3cncnc3)cccc21. The molecular formula is C29H18N2. The number of benzene rings is 4. The number of hydrogen-bond donors (Lipinski definition) is 0. The molecule has 5 aromatic rings. The van der Waals surface area contributed by atoms with E-state index < -0.39 is 0 Å². The molecule has 0 saturated heterocycles. The van der Waals surface area contributed by atoms with Gasteiger partial charge in [0.2, 0.25) is 0 Å². The second-order valence-electron chi connectivity index (χ2n) is 8.24. The van der Waals surface area contributed by atoms with E-state index in [2.05, 4.69) is 101 Å². The summed E-state index contributed by atoms with van der Waals surface area (Å²) in [6.45, 7) is 0. The normalized spacial score (nSPS) is 14.1. The van der Waals surface area contributed by atoms with E-state index in [0.717, 1.165) is 5.56 Å². The van der Waals surface area contributed by atoms with Crippen LogP contribution in [-0.4, -0.2) is 9.97 Å². The molecular weight excluding hydrogens is 376 g/mol. The lowest BCUT2D eigenvalue weighted by Gasteiger charge is -2.30. The summed E-state index contributed by atoms with van der Waals surface area (Å²) in [6, 6.07) is 33.3. The first-order valence-electron chi connectivity index (χ1n) is 10.6. The molecule has 1 spiro atoms. The molecule has 144 valence electrons.